The van der Waals surface area contributed by atoms with Crippen LogP contribution in [0.4, 0.5) is 10.6 Å². The van der Waals surface area contributed by atoms with Crippen molar-refractivity contribution in [3.8, 4) is 0 Å². The molecule has 0 bridgehead atoms. The molecule has 0 saturated heterocycles. The van der Waals surface area contributed by atoms with Crippen molar-refractivity contribution in [2.24, 2.45) is 0 Å². The van der Waals surface area contributed by atoms with Gasteiger partial charge in [-0.2, -0.15) is 0 Å². The van der Waals surface area contributed by atoms with Gasteiger partial charge in [0.15, 0.2) is 5.76 Å². The summed E-state index contributed by atoms with van der Waals surface area (Å²) in [7, 11) is 0. The Morgan fingerprint density at radius 2 is 2.21 bits per heavy atom. The number of halogens is 1. The topological polar surface area (TPSA) is 80.0 Å². The van der Waals surface area contributed by atoms with Gasteiger partial charge in [-0.05, 0) is 41.9 Å². The SMILES string of the molecule is Cc1cc(CNC(=O)Nc2ccc(Br)c(C)n2)on1. The molecule has 2 N–H and O–H groups in total. The second-order valence-corrected chi connectivity index (χ2v) is 4.86. The maximum Gasteiger partial charge on any atom is 0.320 e. The second-order valence-electron chi connectivity index (χ2n) is 4.01. The number of pyridine rings is 1. The fourth-order valence-electron chi connectivity index (χ4n) is 1.44. The number of hydrogen-bond donors (Lipinski definition) is 2. The number of anilines is 1. The van der Waals surface area contributed by atoms with E-state index in [0.717, 1.165) is 15.9 Å². The molecule has 2 aromatic rings. The van der Waals surface area contributed by atoms with Gasteiger partial charge in [0.05, 0.1) is 17.9 Å². The molecular weight excluding hydrogens is 312 g/mol. The van der Waals surface area contributed by atoms with E-state index in [1.165, 1.54) is 0 Å². The Hall–Kier alpha value is -1.89. The summed E-state index contributed by atoms with van der Waals surface area (Å²) < 4.78 is 5.88. The fraction of sp³-hybridized carbons (Fsp3) is 0.250. The van der Waals surface area contributed by atoms with Gasteiger partial charge < -0.3 is 9.84 Å². The van der Waals surface area contributed by atoms with Crippen LogP contribution in [0, 0.1) is 13.8 Å². The number of aromatic nitrogens is 2. The number of hydrogen-bond acceptors (Lipinski definition) is 4. The molecule has 7 heteroatoms. The van der Waals surface area contributed by atoms with Gasteiger partial charge in [0, 0.05) is 10.5 Å². The molecule has 0 radical (unpaired) electrons. The van der Waals surface area contributed by atoms with E-state index < -0.39 is 0 Å². The van der Waals surface area contributed by atoms with Crippen molar-refractivity contribution in [1.82, 2.24) is 15.5 Å². The Morgan fingerprint density at radius 1 is 1.42 bits per heavy atom. The lowest BCUT2D eigenvalue weighted by molar-refractivity contribution is 0.250. The van der Waals surface area contributed by atoms with E-state index in [1.807, 2.05) is 19.9 Å². The third-order valence-corrected chi connectivity index (χ3v) is 3.20. The molecule has 0 spiro atoms. The minimum Gasteiger partial charge on any atom is -0.359 e. The summed E-state index contributed by atoms with van der Waals surface area (Å²) in [6.45, 7) is 3.95. The lowest BCUT2D eigenvalue weighted by Gasteiger charge is -2.06. The number of aryl methyl sites for hydroxylation is 2. The van der Waals surface area contributed by atoms with Crippen molar-refractivity contribution in [3.05, 3.63) is 39.8 Å². The Bertz CT molecular complexity index is 597. The van der Waals surface area contributed by atoms with Gasteiger partial charge in [-0.25, -0.2) is 9.78 Å². The molecular formula is C12H13BrN4O2. The molecule has 0 aromatic carbocycles. The Balaban J connectivity index is 1.88. The van der Waals surface area contributed by atoms with Crippen LogP contribution in [-0.2, 0) is 6.54 Å². The number of nitrogens with one attached hydrogen (secondary N) is 2. The quantitative estimate of drug-likeness (QED) is 0.909. The third kappa shape index (κ3) is 3.78. The van der Waals surface area contributed by atoms with Crippen LogP contribution in [-0.4, -0.2) is 16.2 Å². The highest BCUT2D eigenvalue weighted by Gasteiger charge is 2.06. The van der Waals surface area contributed by atoms with Crippen LogP contribution in [0.25, 0.3) is 0 Å². The van der Waals surface area contributed by atoms with Crippen molar-refractivity contribution in [1.29, 1.82) is 0 Å². The number of urea groups is 1. The Kier molecular flexibility index (Phi) is 4.16. The molecule has 0 saturated carbocycles. The van der Waals surface area contributed by atoms with Crippen LogP contribution in [0.2, 0.25) is 0 Å². The maximum absolute atomic E-state index is 11.7. The van der Waals surface area contributed by atoms with Crippen molar-refractivity contribution in [2.45, 2.75) is 20.4 Å². The van der Waals surface area contributed by atoms with Crippen molar-refractivity contribution in [2.75, 3.05) is 5.32 Å². The predicted molar refractivity (Wildman–Crippen MR) is 73.8 cm³/mol. The van der Waals surface area contributed by atoms with Crippen LogP contribution in [0.5, 0.6) is 0 Å². The molecule has 6 nitrogen and oxygen atoms in total. The first-order valence-corrected chi connectivity index (χ1v) is 6.44. The van der Waals surface area contributed by atoms with E-state index in [0.29, 0.717) is 11.6 Å². The number of rotatable bonds is 3. The Labute approximate surface area is 118 Å². The average Bonchev–Trinajstić information content (AvgIpc) is 2.77. The van der Waals surface area contributed by atoms with E-state index in [1.54, 1.807) is 12.1 Å². The van der Waals surface area contributed by atoms with Crippen LogP contribution >= 0.6 is 15.9 Å². The number of carbonyl (C=O) groups excluding carboxylic acids is 1. The van der Waals surface area contributed by atoms with Gasteiger partial charge in [0.25, 0.3) is 0 Å². The molecule has 2 aromatic heterocycles. The monoisotopic (exact) mass is 324 g/mol. The van der Waals surface area contributed by atoms with Gasteiger partial charge in [-0.15, -0.1) is 0 Å². The van der Waals surface area contributed by atoms with Gasteiger partial charge >= 0.3 is 6.03 Å². The lowest BCUT2D eigenvalue weighted by Crippen LogP contribution is -2.28. The third-order valence-electron chi connectivity index (χ3n) is 2.36. The molecule has 2 heterocycles. The highest BCUT2D eigenvalue weighted by Crippen LogP contribution is 2.16. The summed E-state index contributed by atoms with van der Waals surface area (Å²) in [5, 5.41) is 9.04. The van der Waals surface area contributed by atoms with E-state index in [4.69, 9.17) is 4.52 Å². The summed E-state index contributed by atoms with van der Waals surface area (Å²) in [6.07, 6.45) is 0. The number of nitrogens with zero attached hydrogens (tertiary/aromatic N) is 2. The standard InChI is InChI=1S/C12H13BrN4O2/c1-7-5-9(19-17-7)6-14-12(18)16-11-4-3-10(13)8(2)15-11/h3-5H,6H2,1-2H3,(H2,14,15,16,18). The van der Waals surface area contributed by atoms with E-state index >= 15 is 0 Å². The largest absolute Gasteiger partial charge is 0.359 e. The van der Waals surface area contributed by atoms with Crippen LogP contribution in [0.1, 0.15) is 17.1 Å². The molecule has 0 aliphatic carbocycles. The first-order valence-electron chi connectivity index (χ1n) is 5.65. The highest BCUT2D eigenvalue weighted by molar-refractivity contribution is 9.10. The maximum atomic E-state index is 11.7. The highest BCUT2D eigenvalue weighted by atomic mass is 79.9. The van der Waals surface area contributed by atoms with Crippen LogP contribution < -0.4 is 10.6 Å². The van der Waals surface area contributed by atoms with E-state index in [9.17, 15) is 4.79 Å². The Morgan fingerprint density at radius 3 is 2.84 bits per heavy atom. The van der Waals surface area contributed by atoms with Crippen LogP contribution in [0.3, 0.4) is 0 Å². The average molecular weight is 325 g/mol. The minimum absolute atomic E-state index is 0.280. The molecule has 0 aliphatic rings. The molecule has 2 rings (SSSR count). The molecule has 19 heavy (non-hydrogen) atoms. The molecule has 0 atom stereocenters. The molecule has 0 fully saturated rings. The first-order chi connectivity index (χ1) is 9.04. The number of amides is 2. The fourth-order valence-corrected chi connectivity index (χ4v) is 1.66. The first kappa shape index (κ1) is 13.5. The molecule has 100 valence electrons. The molecule has 0 aliphatic heterocycles. The van der Waals surface area contributed by atoms with E-state index in [-0.39, 0.29) is 12.6 Å². The minimum atomic E-state index is -0.344. The van der Waals surface area contributed by atoms with Gasteiger partial charge in [-0.3, -0.25) is 5.32 Å². The van der Waals surface area contributed by atoms with Crippen molar-refractivity contribution >= 4 is 27.8 Å². The summed E-state index contributed by atoms with van der Waals surface area (Å²) >= 11 is 3.35. The van der Waals surface area contributed by atoms with Gasteiger partial charge in [0.2, 0.25) is 0 Å². The molecule has 0 unspecified atom stereocenters. The van der Waals surface area contributed by atoms with Crippen molar-refractivity contribution in [3.63, 3.8) is 0 Å². The summed E-state index contributed by atoms with van der Waals surface area (Å²) in [6, 6.07) is 4.97. The van der Waals surface area contributed by atoms with Gasteiger partial charge in [-0.1, -0.05) is 5.16 Å². The van der Waals surface area contributed by atoms with Crippen molar-refractivity contribution < 1.29 is 9.32 Å². The zero-order valence-electron chi connectivity index (χ0n) is 10.5. The zero-order chi connectivity index (χ0) is 13.8. The molecule has 2 amide bonds. The van der Waals surface area contributed by atoms with Gasteiger partial charge in [0.1, 0.15) is 5.82 Å². The zero-order valence-corrected chi connectivity index (χ0v) is 12.1. The smallest absolute Gasteiger partial charge is 0.320 e. The summed E-state index contributed by atoms with van der Waals surface area (Å²) in [5.41, 5.74) is 1.59. The van der Waals surface area contributed by atoms with E-state index in [2.05, 4.69) is 36.7 Å². The normalized spacial score (nSPS) is 10.3. The lowest BCUT2D eigenvalue weighted by atomic mass is 10.4. The second kappa shape index (κ2) is 5.83. The summed E-state index contributed by atoms with van der Waals surface area (Å²) in [5.74, 6) is 1.10. The number of carbonyl (C=O) groups is 1. The predicted octanol–water partition coefficient (Wildman–Crippen LogP) is 2.77. The summed E-state index contributed by atoms with van der Waals surface area (Å²) in [4.78, 5) is 15.9. The van der Waals surface area contributed by atoms with Crippen LogP contribution in [0.15, 0.2) is 27.2 Å².